The van der Waals surface area contributed by atoms with Gasteiger partial charge < -0.3 is 5.32 Å². The van der Waals surface area contributed by atoms with Crippen molar-refractivity contribution in [1.82, 2.24) is 5.32 Å². The molecule has 0 amide bonds. The van der Waals surface area contributed by atoms with Crippen LogP contribution in [0.4, 0.5) is 17.6 Å². The van der Waals surface area contributed by atoms with Gasteiger partial charge in [0.1, 0.15) is 5.82 Å². The summed E-state index contributed by atoms with van der Waals surface area (Å²) in [6.07, 6.45) is -1.19. The lowest BCUT2D eigenvalue weighted by molar-refractivity contribution is -0.137. The molecule has 0 spiro atoms. The molecule has 2 rings (SSSR count). The van der Waals surface area contributed by atoms with Gasteiger partial charge in [0.2, 0.25) is 0 Å². The lowest BCUT2D eigenvalue weighted by Gasteiger charge is -2.10. The summed E-state index contributed by atoms with van der Waals surface area (Å²) in [6.45, 7) is 2.39. The van der Waals surface area contributed by atoms with Gasteiger partial charge in [-0.1, -0.05) is 13.3 Å². The molecule has 106 valence electrons. The Balaban J connectivity index is 1.96. The monoisotopic (exact) mass is 275 g/mol. The van der Waals surface area contributed by atoms with E-state index in [1.165, 1.54) is 0 Å². The highest BCUT2D eigenvalue weighted by Gasteiger charge is 2.35. The van der Waals surface area contributed by atoms with Crippen molar-refractivity contribution >= 4 is 0 Å². The zero-order valence-electron chi connectivity index (χ0n) is 10.7. The van der Waals surface area contributed by atoms with E-state index in [4.69, 9.17) is 0 Å². The Bertz CT molecular complexity index is 442. The number of hydrogen-bond acceptors (Lipinski definition) is 1. The minimum absolute atomic E-state index is 0.283. The Morgan fingerprint density at radius 2 is 2.00 bits per heavy atom. The van der Waals surface area contributed by atoms with Crippen LogP contribution in [0.3, 0.4) is 0 Å². The molecular weight excluding hydrogens is 258 g/mol. The number of nitrogens with one attached hydrogen (secondary N) is 1. The van der Waals surface area contributed by atoms with Crippen LogP contribution in [-0.4, -0.2) is 6.04 Å². The molecule has 2 atom stereocenters. The Morgan fingerprint density at radius 3 is 2.63 bits per heavy atom. The van der Waals surface area contributed by atoms with Crippen LogP contribution in [0.15, 0.2) is 18.2 Å². The standard InChI is InChI=1S/C14H17F4N/c1-2-3-10-6-13(10)19-8-9-4-11(14(16,17)18)7-12(15)5-9/h4-5,7,10,13,19H,2-3,6,8H2,1H3. The molecular formula is C14H17F4N. The molecule has 1 aliphatic carbocycles. The molecule has 1 nitrogen and oxygen atoms in total. The van der Waals surface area contributed by atoms with Crippen LogP contribution in [0.1, 0.15) is 37.3 Å². The van der Waals surface area contributed by atoms with Gasteiger partial charge in [0.25, 0.3) is 0 Å². The van der Waals surface area contributed by atoms with Gasteiger partial charge in [0.05, 0.1) is 5.56 Å². The van der Waals surface area contributed by atoms with Gasteiger partial charge in [-0.25, -0.2) is 4.39 Å². The van der Waals surface area contributed by atoms with Crippen LogP contribution in [0, 0.1) is 11.7 Å². The molecule has 0 saturated heterocycles. The van der Waals surface area contributed by atoms with Crippen LogP contribution in [0.25, 0.3) is 0 Å². The predicted octanol–water partition coefficient (Wildman–Crippen LogP) is 4.12. The molecule has 5 heteroatoms. The van der Waals surface area contributed by atoms with Crippen molar-refractivity contribution in [3.05, 3.63) is 35.1 Å². The lowest BCUT2D eigenvalue weighted by atomic mass is 10.1. The molecule has 1 N–H and O–H groups in total. The molecule has 0 heterocycles. The second-order valence-corrected chi connectivity index (χ2v) is 5.12. The number of benzene rings is 1. The minimum Gasteiger partial charge on any atom is -0.310 e. The van der Waals surface area contributed by atoms with Crippen LogP contribution in [0.5, 0.6) is 0 Å². The first-order chi connectivity index (χ1) is 8.90. The molecule has 2 unspecified atom stereocenters. The number of alkyl halides is 3. The number of halogens is 4. The summed E-state index contributed by atoms with van der Waals surface area (Å²) in [5.74, 6) is -0.215. The molecule has 0 bridgehead atoms. The first-order valence-corrected chi connectivity index (χ1v) is 6.50. The van der Waals surface area contributed by atoms with E-state index >= 15 is 0 Å². The predicted molar refractivity (Wildman–Crippen MR) is 65.0 cm³/mol. The lowest BCUT2D eigenvalue weighted by Crippen LogP contribution is -2.18. The molecule has 0 aliphatic heterocycles. The van der Waals surface area contributed by atoms with Gasteiger partial charge in [-0.05, 0) is 42.5 Å². The summed E-state index contributed by atoms with van der Waals surface area (Å²) in [5, 5.41) is 3.18. The first kappa shape index (κ1) is 14.3. The molecule has 0 aromatic heterocycles. The van der Waals surface area contributed by atoms with Gasteiger partial charge in [0, 0.05) is 12.6 Å². The fraction of sp³-hybridized carbons (Fsp3) is 0.571. The van der Waals surface area contributed by atoms with E-state index in [1.54, 1.807) is 0 Å². The van der Waals surface area contributed by atoms with E-state index in [9.17, 15) is 17.6 Å². The summed E-state index contributed by atoms with van der Waals surface area (Å²) in [4.78, 5) is 0. The maximum atomic E-state index is 13.2. The van der Waals surface area contributed by atoms with Crippen molar-refractivity contribution in [1.29, 1.82) is 0 Å². The van der Waals surface area contributed by atoms with Crippen molar-refractivity contribution in [2.45, 2.75) is 44.9 Å². The van der Waals surface area contributed by atoms with E-state index in [1.807, 2.05) is 0 Å². The zero-order valence-corrected chi connectivity index (χ0v) is 10.7. The summed E-state index contributed by atoms with van der Waals surface area (Å²) in [5.41, 5.74) is -0.584. The fourth-order valence-electron chi connectivity index (χ4n) is 2.35. The van der Waals surface area contributed by atoms with Crippen molar-refractivity contribution in [2.24, 2.45) is 5.92 Å². The Labute approximate surface area is 110 Å². The molecule has 1 saturated carbocycles. The van der Waals surface area contributed by atoms with E-state index in [2.05, 4.69) is 12.2 Å². The van der Waals surface area contributed by atoms with Crippen molar-refractivity contribution in [2.75, 3.05) is 0 Å². The molecule has 0 radical (unpaired) electrons. The normalized spacial score (nSPS) is 22.6. The molecule has 19 heavy (non-hydrogen) atoms. The molecule has 1 aromatic rings. The third kappa shape index (κ3) is 3.93. The maximum Gasteiger partial charge on any atom is 0.416 e. The number of hydrogen-bond donors (Lipinski definition) is 1. The largest absolute Gasteiger partial charge is 0.416 e. The highest BCUT2D eigenvalue weighted by atomic mass is 19.4. The summed E-state index contributed by atoms with van der Waals surface area (Å²) in [6, 6.07) is 3.06. The molecule has 1 fully saturated rings. The van der Waals surface area contributed by atoms with Crippen molar-refractivity contribution in [3.63, 3.8) is 0 Å². The van der Waals surface area contributed by atoms with Crippen LogP contribution < -0.4 is 5.32 Å². The second kappa shape index (κ2) is 5.49. The zero-order chi connectivity index (χ0) is 14.0. The molecule has 1 aliphatic rings. The van der Waals surface area contributed by atoms with Gasteiger partial charge in [0.15, 0.2) is 0 Å². The Hall–Kier alpha value is -1.10. The van der Waals surface area contributed by atoms with Crippen LogP contribution >= 0.6 is 0 Å². The van der Waals surface area contributed by atoms with E-state index < -0.39 is 17.6 Å². The second-order valence-electron chi connectivity index (χ2n) is 5.12. The van der Waals surface area contributed by atoms with Crippen LogP contribution in [-0.2, 0) is 12.7 Å². The maximum absolute atomic E-state index is 13.2. The van der Waals surface area contributed by atoms with Crippen molar-refractivity contribution in [3.8, 4) is 0 Å². The smallest absolute Gasteiger partial charge is 0.310 e. The quantitative estimate of drug-likeness (QED) is 0.797. The van der Waals surface area contributed by atoms with E-state index in [0.29, 0.717) is 23.6 Å². The van der Waals surface area contributed by atoms with Gasteiger partial charge in [-0.2, -0.15) is 13.2 Å². The highest BCUT2D eigenvalue weighted by Crippen LogP contribution is 2.35. The van der Waals surface area contributed by atoms with Gasteiger partial charge >= 0.3 is 6.18 Å². The summed E-state index contributed by atoms with van der Waals surface area (Å²) in [7, 11) is 0. The van der Waals surface area contributed by atoms with E-state index in [-0.39, 0.29) is 6.54 Å². The first-order valence-electron chi connectivity index (χ1n) is 6.50. The topological polar surface area (TPSA) is 12.0 Å². The minimum atomic E-state index is -4.50. The third-order valence-electron chi connectivity index (χ3n) is 3.44. The summed E-state index contributed by atoms with van der Waals surface area (Å²) < 4.78 is 50.8. The average molecular weight is 275 g/mol. The average Bonchev–Trinajstić information content (AvgIpc) is 3.04. The number of rotatable bonds is 5. The SMILES string of the molecule is CCCC1CC1NCc1cc(F)cc(C(F)(F)F)c1. The fourth-order valence-corrected chi connectivity index (χ4v) is 2.35. The summed E-state index contributed by atoms with van der Waals surface area (Å²) >= 11 is 0. The highest BCUT2D eigenvalue weighted by molar-refractivity contribution is 5.27. The van der Waals surface area contributed by atoms with Crippen molar-refractivity contribution < 1.29 is 17.6 Å². The third-order valence-corrected chi connectivity index (χ3v) is 3.44. The Kier molecular flexibility index (Phi) is 4.13. The van der Waals surface area contributed by atoms with Crippen LogP contribution in [0.2, 0.25) is 0 Å². The van der Waals surface area contributed by atoms with Gasteiger partial charge in [-0.3, -0.25) is 0 Å². The van der Waals surface area contributed by atoms with Gasteiger partial charge in [-0.15, -0.1) is 0 Å². The molecule has 1 aromatic carbocycles. The Morgan fingerprint density at radius 1 is 1.26 bits per heavy atom. The van der Waals surface area contributed by atoms with E-state index in [0.717, 1.165) is 31.4 Å².